The van der Waals surface area contributed by atoms with Crippen LogP contribution in [0.5, 0.6) is 0 Å². The molecule has 0 saturated carbocycles. The molecule has 5 heteroatoms. The first-order chi connectivity index (χ1) is 7.58. The van der Waals surface area contributed by atoms with E-state index in [1.54, 1.807) is 0 Å². The molecule has 0 saturated heterocycles. The number of rotatable bonds is 2. The Morgan fingerprint density at radius 3 is 2.31 bits per heavy atom. The Bertz CT molecular complexity index is 436. The molecule has 0 amide bonds. The number of aliphatic imine (C=N–C) groups is 1. The molecule has 0 atom stereocenters. The third-order valence-corrected chi connectivity index (χ3v) is 2.81. The van der Waals surface area contributed by atoms with Gasteiger partial charge in [0, 0.05) is 32.5 Å². The third-order valence-electron chi connectivity index (χ3n) is 2.45. The van der Waals surface area contributed by atoms with E-state index in [2.05, 4.69) is 27.3 Å². The van der Waals surface area contributed by atoms with Crippen molar-refractivity contribution in [3.8, 4) is 0 Å². The number of benzene rings is 1. The first-order valence-electron chi connectivity index (χ1n) is 4.99. The second kappa shape index (κ2) is 4.09. The highest BCUT2D eigenvalue weighted by Crippen LogP contribution is 2.17. The number of guanidine groups is 1. The maximum absolute atomic E-state index is 4.95. The highest BCUT2D eigenvalue weighted by Gasteiger charge is 2.20. The molecule has 1 aromatic rings. The molecule has 0 radical (unpaired) electrons. The summed E-state index contributed by atoms with van der Waals surface area (Å²) in [5.74, 6) is 0.794. The van der Waals surface area contributed by atoms with Crippen LogP contribution in [0.15, 0.2) is 29.3 Å². The first-order valence-corrected chi connectivity index (χ1v) is 5.39. The summed E-state index contributed by atoms with van der Waals surface area (Å²) in [6.07, 6.45) is 0. The molecular formula is C11H14N4S. The van der Waals surface area contributed by atoms with Crippen LogP contribution in [-0.4, -0.2) is 37.1 Å². The predicted molar refractivity (Wildman–Crippen MR) is 72.2 cm³/mol. The van der Waals surface area contributed by atoms with Crippen LogP contribution in [0.4, 0.5) is 11.4 Å². The average molecular weight is 234 g/mol. The zero-order valence-corrected chi connectivity index (χ0v) is 10.4. The Morgan fingerprint density at radius 1 is 1.25 bits per heavy atom. The maximum atomic E-state index is 4.95. The standard InChI is InChI=1S/C11H14N4S/c1-14(2)9-6-4-8(5-7-9)12-10-13-11(16)15(10)3/h4-7H,1-3H3,(H,12,13,16). The molecule has 0 bridgehead atoms. The second-order valence-electron chi connectivity index (χ2n) is 3.84. The summed E-state index contributed by atoms with van der Waals surface area (Å²) in [4.78, 5) is 8.01. The van der Waals surface area contributed by atoms with Crippen LogP contribution >= 0.6 is 12.2 Å². The molecule has 1 N–H and O–H groups in total. The van der Waals surface area contributed by atoms with E-state index in [0.29, 0.717) is 5.11 Å². The van der Waals surface area contributed by atoms with Gasteiger partial charge in [-0.1, -0.05) is 0 Å². The molecule has 84 valence electrons. The van der Waals surface area contributed by atoms with Crippen LogP contribution in [0, 0.1) is 0 Å². The summed E-state index contributed by atoms with van der Waals surface area (Å²) < 4.78 is 0. The first kappa shape index (κ1) is 10.9. The monoisotopic (exact) mass is 234 g/mol. The molecule has 1 aromatic carbocycles. The SMILES string of the molecule is CN1C(=S)N=C1Nc1ccc(N(C)C)cc1. The van der Waals surface area contributed by atoms with Crippen molar-refractivity contribution in [2.24, 2.45) is 4.99 Å². The molecule has 0 fully saturated rings. The summed E-state index contributed by atoms with van der Waals surface area (Å²) >= 11 is 4.95. The van der Waals surface area contributed by atoms with E-state index < -0.39 is 0 Å². The van der Waals surface area contributed by atoms with E-state index >= 15 is 0 Å². The van der Waals surface area contributed by atoms with Crippen molar-refractivity contribution in [2.75, 3.05) is 31.4 Å². The van der Waals surface area contributed by atoms with Gasteiger partial charge in [0.05, 0.1) is 0 Å². The lowest BCUT2D eigenvalue weighted by Crippen LogP contribution is -2.45. The predicted octanol–water partition coefficient (Wildman–Crippen LogP) is 1.75. The van der Waals surface area contributed by atoms with Gasteiger partial charge in [0.15, 0.2) is 0 Å². The van der Waals surface area contributed by atoms with Gasteiger partial charge in [0.1, 0.15) is 0 Å². The largest absolute Gasteiger partial charge is 0.378 e. The molecule has 1 aliphatic rings. The number of thiocarbonyl (C=S) groups is 1. The van der Waals surface area contributed by atoms with Gasteiger partial charge < -0.3 is 10.2 Å². The number of nitrogens with zero attached hydrogens (tertiary/aromatic N) is 3. The molecule has 1 aliphatic heterocycles. The van der Waals surface area contributed by atoms with Crippen LogP contribution < -0.4 is 10.2 Å². The quantitative estimate of drug-likeness (QED) is 0.790. The summed E-state index contributed by atoms with van der Waals surface area (Å²) in [7, 11) is 5.93. The molecule has 0 spiro atoms. The zero-order valence-electron chi connectivity index (χ0n) is 9.56. The summed E-state index contributed by atoms with van der Waals surface area (Å²) in [5.41, 5.74) is 2.18. The Hall–Kier alpha value is -1.62. The van der Waals surface area contributed by atoms with E-state index in [0.717, 1.165) is 11.6 Å². The molecule has 0 unspecified atom stereocenters. The van der Waals surface area contributed by atoms with Gasteiger partial charge in [-0.25, -0.2) is 0 Å². The Kier molecular flexibility index (Phi) is 2.78. The lowest BCUT2D eigenvalue weighted by atomic mass is 10.2. The fourth-order valence-corrected chi connectivity index (χ4v) is 1.54. The van der Waals surface area contributed by atoms with Crippen LogP contribution in [-0.2, 0) is 0 Å². The summed E-state index contributed by atoms with van der Waals surface area (Å²) in [5, 5.41) is 3.81. The highest BCUT2D eigenvalue weighted by molar-refractivity contribution is 7.80. The molecule has 0 aliphatic carbocycles. The minimum atomic E-state index is 0.618. The van der Waals surface area contributed by atoms with Crippen molar-refractivity contribution in [3.63, 3.8) is 0 Å². The maximum Gasteiger partial charge on any atom is 0.212 e. The van der Waals surface area contributed by atoms with Gasteiger partial charge in [-0.15, -0.1) is 0 Å². The topological polar surface area (TPSA) is 30.9 Å². The summed E-state index contributed by atoms with van der Waals surface area (Å²) in [6, 6.07) is 8.15. The van der Waals surface area contributed by atoms with Gasteiger partial charge in [0.2, 0.25) is 11.1 Å². The fourth-order valence-electron chi connectivity index (χ4n) is 1.37. The van der Waals surface area contributed by atoms with Gasteiger partial charge in [-0.05, 0) is 36.5 Å². The molecule has 2 rings (SSSR count). The lowest BCUT2D eigenvalue weighted by Gasteiger charge is -2.28. The van der Waals surface area contributed by atoms with Crippen molar-refractivity contribution in [1.82, 2.24) is 4.90 Å². The second-order valence-corrected chi connectivity index (χ2v) is 4.21. The number of hydrogen-bond acceptors (Lipinski definition) is 3. The number of hydrogen-bond donors (Lipinski definition) is 1. The highest BCUT2D eigenvalue weighted by atomic mass is 32.1. The van der Waals surface area contributed by atoms with Crippen LogP contribution in [0.3, 0.4) is 0 Å². The van der Waals surface area contributed by atoms with Crippen LogP contribution in [0.25, 0.3) is 0 Å². The van der Waals surface area contributed by atoms with Crippen molar-refractivity contribution in [1.29, 1.82) is 0 Å². The van der Waals surface area contributed by atoms with E-state index in [-0.39, 0.29) is 0 Å². The van der Waals surface area contributed by atoms with Gasteiger partial charge in [-0.2, -0.15) is 4.99 Å². The minimum Gasteiger partial charge on any atom is -0.378 e. The normalized spacial score (nSPS) is 14.3. The Balaban J connectivity index is 2.07. The van der Waals surface area contributed by atoms with Crippen LogP contribution in [0.2, 0.25) is 0 Å². The molecule has 4 nitrogen and oxygen atoms in total. The minimum absolute atomic E-state index is 0.618. The van der Waals surface area contributed by atoms with Crippen molar-refractivity contribution >= 4 is 34.7 Å². The molecule has 0 aromatic heterocycles. The number of nitrogens with one attached hydrogen (secondary N) is 1. The molecule has 16 heavy (non-hydrogen) atoms. The van der Waals surface area contributed by atoms with Gasteiger partial charge >= 0.3 is 0 Å². The Labute approximate surface area is 101 Å². The van der Waals surface area contributed by atoms with Crippen molar-refractivity contribution in [2.45, 2.75) is 0 Å². The average Bonchev–Trinajstić information content (AvgIpc) is 2.29. The van der Waals surface area contributed by atoms with Crippen molar-refractivity contribution < 1.29 is 0 Å². The Morgan fingerprint density at radius 2 is 1.88 bits per heavy atom. The van der Waals surface area contributed by atoms with Gasteiger partial charge in [0.25, 0.3) is 0 Å². The molecular weight excluding hydrogens is 220 g/mol. The molecule has 1 heterocycles. The number of anilines is 2. The van der Waals surface area contributed by atoms with E-state index in [1.807, 2.05) is 38.2 Å². The third kappa shape index (κ3) is 1.99. The van der Waals surface area contributed by atoms with E-state index in [9.17, 15) is 0 Å². The van der Waals surface area contributed by atoms with Crippen molar-refractivity contribution in [3.05, 3.63) is 24.3 Å². The lowest BCUT2D eigenvalue weighted by molar-refractivity contribution is 0.714. The fraction of sp³-hybridized carbons (Fsp3) is 0.273. The van der Waals surface area contributed by atoms with E-state index in [4.69, 9.17) is 12.2 Å². The van der Waals surface area contributed by atoms with E-state index in [1.165, 1.54) is 5.69 Å². The summed E-state index contributed by atoms with van der Waals surface area (Å²) in [6.45, 7) is 0. The smallest absolute Gasteiger partial charge is 0.212 e. The zero-order chi connectivity index (χ0) is 11.7. The van der Waals surface area contributed by atoms with Gasteiger partial charge in [-0.3, -0.25) is 4.90 Å². The van der Waals surface area contributed by atoms with Crippen LogP contribution in [0.1, 0.15) is 0 Å².